The summed E-state index contributed by atoms with van der Waals surface area (Å²) in [7, 11) is 0. The molecule has 0 saturated heterocycles. The molecule has 96 valence electrons. The number of aromatic nitrogens is 2. The van der Waals surface area contributed by atoms with E-state index in [2.05, 4.69) is 4.98 Å². The lowest BCUT2D eigenvalue weighted by Gasteiger charge is -2.05. The number of aryl methyl sites for hydroxylation is 2. The molecule has 2 aromatic rings. The first-order valence-electron chi connectivity index (χ1n) is 5.98. The number of aromatic amines is 1. The van der Waals surface area contributed by atoms with Gasteiger partial charge in [0.1, 0.15) is 11.6 Å². The van der Waals surface area contributed by atoms with Crippen LogP contribution in [0.3, 0.4) is 0 Å². The number of nitrogens with zero attached hydrogens (tertiary/aromatic N) is 2. The molecule has 19 heavy (non-hydrogen) atoms. The van der Waals surface area contributed by atoms with Gasteiger partial charge in [-0.05, 0) is 18.4 Å². The quantitative estimate of drug-likeness (QED) is 0.886. The van der Waals surface area contributed by atoms with Crippen LogP contribution in [0, 0.1) is 11.3 Å². The van der Waals surface area contributed by atoms with E-state index in [9.17, 15) is 9.59 Å². The van der Waals surface area contributed by atoms with E-state index in [1.54, 1.807) is 6.07 Å². The second-order valence-electron chi connectivity index (χ2n) is 4.20. The Morgan fingerprint density at radius 1 is 1.21 bits per heavy atom. The van der Waals surface area contributed by atoms with E-state index in [1.165, 1.54) is 16.3 Å². The van der Waals surface area contributed by atoms with Gasteiger partial charge in [0.15, 0.2) is 0 Å². The van der Waals surface area contributed by atoms with E-state index in [0.29, 0.717) is 6.54 Å². The van der Waals surface area contributed by atoms with E-state index >= 15 is 0 Å². The van der Waals surface area contributed by atoms with Gasteiger partial charge < -0.3 is 0 Å². The summed E-state index contributed by atoms with van der Waals surface area (Å²) in [5.74, 6) is 0. The molecule has 0 saturated carbocycles. The van der Waals surface area contributed by atoms with E-state index in [1.807, 2.05) is 30.3 Å². The summed E-state index contributed by atoms with van der Waals surface area (Å²) in [5, 5.41) is 8.75. The van der Waals surface area contributed by atoms with Crippen molar-refractivity contribution < 1.29 is 0 Å². The average molecular weight is 255 g/mol. The van der Waals surface area contributed by atoms with Gasteiger partial charge in [-0.25, -0.2) is 4.79 Å². The Balaban J connectivity index is 2.06. The molecule has 1 aromatic carbocycles. The van der Waals surface area contributed by atoms with Gasteiger partial charge in [0.25, 0.3) is 5.56 Å². The molecular formula is C14H13N3O2. The van der Waals surface area contributed by atoms with Crippen molar-refractivity contribution in [2.24, 2.45) is 0 Å². The Labute approximate surface area is 109 Å². The monoisotopic (exact) mass is 255 g/mol. The molecule has 1 aromatic heterocycles. The maximum Gasteiger partial charge on any atom is 0.328 e. The van der Waals surface area contributed by atoms with Crippen molar-refractivity contribution in [2.75, 3.05) is 0 Å². The molecule has 0 bridgehead atoms. The molecule has 0 atom stereocenters. The third-order valence-electron chi connectivity index (χ3n) is 2.84. The number of hydrogen-bond donors (Lipinski definition) is 1. The third kappa shape index (κ3) is 3.19. The predicted molar refractivity (Wildman–Crippen MR) is 70.8 cm³/mol. The summed E-state index contributed by atoms with van der Waals surface area (Å²) in [5.41, 5.74) is 0.0451. The van der Waals surface area contributed by atoms with Crippen LogP contribution in [0.15, 0.2) is 46.1 Å². The van der Waals surface area contributed by atoms with Crippen LogP contribution in [0.1, 0.15) is 17.5 Å². The smallest absolute Gasteiger partial charge is 0.299 e. The standard InChI is InChI=1S/C14H13N3O2/c15-9-12-10-17(14(19)16-13(12)18)8-4-7-11-5-2-1-3-6-11/h1-3,5-6,10H,4,7-8H2,(H,16,18,19). The Morgan fingerprint density at radius 2 is 1.95 bits per heavy atom. The van der Waals surface area contributed by atoms with Gasteiger partial charge in [0.05, 0.1) is 0 Å². The lowest BCUT2D eigenvalue weighted by molar-refractivity contribution is 0.603. The number of H-pyrrole nitrogens is 1. The zero-order chi connectivity index (χ0) is 13.7. The fourth-order valence-corrected chi connectivity index (χ4v) is 1.85. The van der Waals surface area contributed by atoms with Gasteiger partial charge in [0, 0.05) is 12.7 Å². The highest BCUT2D eigenvalue weighted by atomic mass is 16.2. The average Bonchev–Trinajstić information content (AvgIpc) is 2.42. The topological polar surface area (TPSA) is 78.7 Å². The van der Waals surface area contributed by atoms with E-state index in [-0.39, 0.29) is 5.56 Å². The van der Waals surface area contributed by atoms with Gasteiger partial charge in [-0.1, -0.05) is 30.3 Å². The minimum atomic E-state index is -0.633. The van der Waals surface area contributed by atoms with Gasteiger partial charge in [-0.2, -0.15) is 5.26 Å². The first-order valence-corrected chi connectivity index (χ1v) is 5.98. The molecule has 0 fully saturated rings. The lowest BCUT2D eigenvalue weighted by Crippen LogP contribution is -2.31. The molecule has 0 aliphatic rings. The van der Waals surface area contributed by atoms with Crippen LogP contribution in [-0.4, -0.2) is 9.55 Å². The van der Waals surface area contributed by atoms with Crippen LogP contribution >= 0.6 is 0 Å². The van der Waals surface area contributed by atoms with Crippen LogP contribution in [0.25, 0.3) is 0 Å². The summed E-state index contributed by atoms with van der Waals surface area (Å²) in [6, 6.07) is 11.7. The molecule has 2 rings (SSSR count). The van der Waals surface area contributed by atoms with Crippen molar-refractivity contribution in [3.05, 3.63) is 68.5 Å². The Morgan fingerprint density at radius 3 is 2.63 bits per heavy atom. The Hall–Kier alpha value is -2.61. The summed E-state index contributed by atoms with van der Waals surface area (Å²) in [4.78, 5) is 24.9. The van der Waals surface area contributed by atoms with E-state index < -0.39 is 11.2 Å². The Kier molecular flexibility index (Phi) is 3.94. The van der Waals surface area contributed by atoms with Crippen LogP contribution < -0.4 is 11.2 Å². The Bertz CT molecular complexity index is 708. The van der Waals surface area contributed by atoms with E-state index in [0.717, 1.165) is 12.8 Å². The number of nitriles is 1. The molecule has 0 spiro atoms. The zero-order valence-electron chi connectivity index (χ0n) is 10.3. The molecule has 1 heterocycles. The molecule has 5 heteroatoms. The first-order chi connectivity index (χ1) is 9.20. The molecule has 0 amide bonds. The minimum absolute atomic E-state index is 0.0423. The first kappa shape index (κ1) is 12.8. The third-order valence-corrected chi connectivity index (χ3v) is 2.84. The lowest BCUT2D eigenvalue weighted by atomic mass is 10.1. The minimum Gasteiger partial charge on any atom is -0.299 e. The number of hydrogen-bond acceptors (Lipinski definition) is 3. The normalized spacial score (nSPS) is 10.1. The number of nitrogens with one attached hydrogen (secondary N) is 1. The van der Waals surface area contributed by atoms with E-state index in [4.69, 9.17) is 5.26 Å². The second-order valence-corrected chi connectivity index (χ2v) is 4.20. The fraction of sp³-hybridized carbons (Fsp3) is 0.214. The maximum absolute atomic E-state index is 11.5. The highest BCUT2D eigenvalue weighted by Crippen LogP contribution is 2.03. The summed E-state index contributed by atoms with van der Waals surface area (Å²) in [6.45, 7) is 0.471. The molecule has 0 unspecified atom stereocenters. The van der Waals surface area contributed by atoms with Gasteiger partial charge in [-0.15, -0.1) is 0 Å². The van der Waals surface area contributed by atoms with Crippen LogP contribution in [-0.2, 0) is 13.0 Å². The van der Waals surface area contributed by atoms with Gasteiger partial charge in [0.2, 0.25) is 0 Å². The van der Waals surface area contributed by atoms with Crippen molar-refractivity contribution in [2.45, 2.75) is 19.4 Å². The van der Waals surface area contributed by atoms with Crippen LogP contribution in [0.4, 0.5) is 0 Å². The van der Waals surface area contributed by atoms with Gasteiger partial charge in [-0.3, -0.25) is 14.3 Å². The van der Waals surface area contributed by atoms with Crippen molar-refractivity contribution in [3.8, 4) is 6.07 Å². The molecular weight excluding hydrogens is 242 g/mol. The van der Waals surface area contributed by atoms with Crippen molar-refractivity contribution in [3.63, 3.8) is 0 Å². The maximum atomic E-state index is 11.5. The van der Waals surface area contributed by atoms with Crippen molar-refractivity contribution in [1.29, 1.82) is 5.26 Å². The largest absolute Gasteiger partial charge is 0.328 e. The van der Waals surface area contributed by atoms with Gasteiger partial charge >= 0.3 is 5.69 Å². The fourth-order valence-electron chi connectivity index (χ4n) is 1.85. The van der Waals surface area contributed by atoms with Crippen molar-refractivity contribution >= 4 is 0 Å². The SMILES string of the molecule is N#Cc1cn(CCCc2ccccc2)c(=O)[nH]c1=O. The second kappa shape index (κ2) is 5.83. The van der Waals surface area contributed by atoms with Crippen molar-refractivity contribution in [1.82, 2.24) is 9.55 Å². The zero-order valence-corrected chi connectivity index (χ0v) is 10.3. The molecule has 1 N–H and O–H groups in total. The molecule has 0 radical (unpaired) electrons. The number of rotatable bonds is 4. The highest BCUT2D eigenvalue weighted by Gasteiger charge is 2.03. The number of benzene rings is 1. The molecule has 0 aliphatic carbocycles. The predicted octanol–water partition coefficient (Wildman–Crippen LogP) is 1.04. The highest BCUT2D eigenvalue weighted by molar-refractivity contribution is 5.21. The summed E-state index contributed by atoms with van der Waals surface area (Å²) in [6.07, 6.45) is 2.92. The molecule has 0 aliphatic heterocycles. The van der Waals surface area contributed by atoms with Crippen LogP contribution in [0.2, 0.25) is 0 Å². The summed E-state index contributed by atoms with van der Waals surface area (Å²) >= 11 is 0. The summed E-state index contributed by atoms with van der Waals surface area (Å²) < 4.78 is 1.36. The molecule has 5 nitrogen and oxygen atoms in total. The van der Waals surface area contributed by atoms with Crippen LogP contribution in [0.5, 0.6) is 0 Å².